The van der Waals surface area contributed by atoms with Crippen molar-refractivity contribution < 1.29 is 4.79 Å². The molecule has 0 bridgehead atoms. The molecule has 100 valence electrons. The van der Waals surface area contributed by atoms with E-state index >= 15 is 0 Å². The smallest absolute Gasteiger partial charge is 0.219 e. The number of carbonyl (C=O) groups excluding carboxylic acids is 1. The Morgan fingerprint density at radius 2 is 1.67 bits per heavy atom. The van der Waals surface area contributed by atoms with Crippen molar-refractivity contribution >= 4 is 23.7 Å². The van der Waals surface area contributed by atoms with E-state index in [1.165, 1.54) is 0 Å². The largest absolute Gasteiger partial charge is 0.370 e. The van der Waals surface area contributed by atoms with Crippen LogP contribution >= 0.6 is 11.6 Å². The molecule has 1 amide bonds. The average Bonchev–Trinajstić information content (AvgIpc) is 2.35. The standard InChI is InChI=1S/C13H20ClN3O/c1-10(2)15-9-13(14)11(3)16-5-7-17(8-6-16)12(4)18/h9H,1,5-8H2,2-4H3/b13-11-,15-9-. The van der Waals surface area contributed by atoms with Gasteiger partial charge in [0.25, 0.3) is 0 Å². The van der Waals surface area contributed by atoms with Crippen LogP contribution in [0.5, 0.6) is 0 Å². The first kappa shape index (κ1) is 14.8. The van der Waals surface area contributed by atoms with Crippen molar-refractivity contribution in [2.24, 2.45) is 4.99 Å². The number of nitrogens with zero attached hydrogens (tertiary/aromatic N) is 3. The molecular weight excluding hydrogens is 250 g/mol. The topological polar surface area (TPSA) is 35.9 Å². The third kappa shape index (κ3) is 4.18. The molecular formula is C13H20ClN3O. The predicted octanol–water partition coefficient (Wildman–Crippen LogP) is 2.23. The molecule has 1 aliphatic heterocycles. The summed E-state index contributed by atoms with van der Waals surface area (Å²) >= 11 is 6.17. The summed E-state index contributed by atoms with van der Waals surface area (Å²) in [5.41, 5.74) is 1.72. The maximum Gasteiger partial charge on any atom is 0.219 e. The summed E-state index contributed by atoms with van der Waals surface area (Å²) in [5, 5.41) is 0.620. The summed E-state index contributed by atoms with van der Waals surface area (Å²) in [6, 6.07) is 0. The van der Waals surface area contributed by atoms with E-state index in [0.29, 0.717) is 5.03 Å². The zero-order valence-corrected chi connectivity index (χ0v) is 12.0. The maximum atomic E-state index is 11.2. The van der Waals surface area contributed by atoms with Gasteiger partial charge in [-0.25, -0.2) is 0 Å². The Bertz CT molecular complexity index is 393. The Labute approximate surface area is 114 Å². The summed E-state index contributed by atoms with van der Waals surface area (Å²) < 4.78 is 0. The predicted molar refractivity (Wildman–Crippen MR) is 75.7 cm³/mol. The molecule has 1 rings (SSSR count). The minimum absolute atomic E-state index is 0.131. The molecule has 0 atom stereocenters. The number of aliphatic imine (C=N–C) groups is 1. The second kappa shape index (κ2) is 6.59. The fourth-order valence-corrected chi connectivity index (χ4v) is 1.94. The molecule has 1 saturated heterocycles. The van der Waals surface area contributed by atoms with Gasteiger partial charge in [-0.2, -0.15) is 0 Å². The van der Waals surface area contributed by atoms with Crippen molar-refractivity contribution in [1.82, 2.24) is 9.80 Å². The van der Waals surface area contributed by atoms with Gasteiger partial charge in [0.15, 0.2) is 0 Å². The van der Waals surface area contributed by atoms with Crippen LogP contribution in [0.3, 0.4) is 0 Å². The first-order valence-electron chi connectivity index (χ1n) is 5.98. The minimum atomic E-state index is 0.131. The third-order valence-electron chi connectivity index (χ3n) is 2.94. The van der Waals surface area contributed by atoms with E-state index in [0.717, 1.165) is 37.6 Å². The highest BCUT2D eigenvalue weighted by Gasteiger charge is 2.19. The van der Waals surface area contributed by atoms with Gasteiger partial charge in [0.05, 0.1) is 5.03 Å². The van der Waals surface area contributed by atoms with E-state index in [9.17, 15) is 4.79 Å². The minimum Gasteiger partial charge on any atom is -0.370 e. The zero-order chi connectivity index (χ0) is 13.7. The summed E-state index contributed by atoms with van der Waals surface area (Å²) in [4.78, 5) is 19.3. The van der Waals surface area contributed by atoms with E-state index in [1.54, 1.807) is 13.1 Å². The molecule has 0 aromatic rings. The van der Waals surface area contributed by atoms with Gasteiger partial charge in [0.2, 0.25) is 5.91 Å². The van der Waals surface area contributed by atoms with Gasteiger partial charge in [-0.1, -0.05) is 18.2 Å². The molecule has 0 aromatic carbocycles. The van der Waals surface area contributed by atoms with Crippen molar-refractivity contribution in [3.63, 3.8) is 0 Å². The molecule has 1 fully saturated rings. The van der Waals surface area contributed by atoms with Gasteiger partial charge in [-0.3, -0.25) is 9.79 Å². The average molecular weight is 270 g/mol. The van der Waals surface area contributed by atoms with Crippen LogP contribution in [0.2, 0.25) is 0 Å². The van der Waals surface area contributed by atoms with Gasteiger partial charge in [0, 0.05) is 50.7 Å². The van der Waals surface area contributed by atoms with Crippen LogP contribution < -0.4 is 0 Å². The fourth-order valence-electron chi connectivity index (χ4n) is 1.77. The van der Waals surface area contributed by atoms with Crippen LogP contribution in [0.15, 0.2) is 28.0 Å². The number of piperazine rings is 1. The van der Waals surface area contributed by atoms with Gasteiger partial charge < -0.3 is 9.80 Å². The van der Waals surface area contributed by atoms with Crippen LogP contribution in [0.1, 0.15) is 20.8 Å². The molecule has 1 aliphatic rings. The molecule has 0 spiro atoms. The molecule has 0 saturated carbocycles. The highest BCUT2D eigenvalue weighted by Crippen LogP contribution is 2.15. The number of hydrogen-bond acceptors (Lipinski definition) is 3. The fraction of sp³-hybridized carbons (Fsp3) is 0.538. The van der Waals surface area contributed by atoms with Crippen LogP contribution in [0.4, 0.5) is 0 Å². The maximum absolute atomic E-state index is 11.2. The van der Waals surface area contributed by atoms with Crippen molar-refractivity contribution in [3.05, 3.63) is 23.0 Å². The molecule has 0 radical (unpaired) electrons. The van der Waals surface area contributed by atoms with Crippen molar-refractivity contribution in [3.8, 4) is 0 Å². The second-order valence-electron chi connectivity index (χ2n) is 4.42. The molecule has 0 unspecified atom stereocenters. The van der Waals surface area contributed by atoms with Gasteiger partial charge in [-0.15, -0.1) is 0 Å². The van der Waals surface area contributed by atoms with E-state index in [2.05, 4.69) is 16.5 Å². The molecule has 0 N–H and O–H groups in total. The Hall–Kier alpha value is -1.29. The number of halogens is 1. The lowest BCUT2D eigenvalue weighted by Gasteiger charge is -2.36. The molecule has 5 heteroatoms. The van der Waals surface area contributed by atoms with E-state index < -0.39 is 0 Å². The number of hydrogen-bond donors (Lipinski definition) is 0. The third-order valence-corrected chi connectivity index (χ3v) is 3.31. The quantitative estimate of drug-likeness (QED) is 0.737. The van der Waals surface area contributed by atoms with Crippen LogP contribution in [0.25, 0.3) is 0 Å². The number of amides is 1. The van der Waals surface area contributed by atoms with Crippen molar-refractivity contribution in [1.29, 1.82) is 0 Å². The number of carbonyl (C=O) groups is 1. The lowest BCUT2D eigenvalue weighted by Crippen LogP contribution is -2.47. The Balaban J connectivity index is 2.63. The summed E-state index contributed by atoms with van der Waals surface area (Å²) in [5.74, 6) is 0.131. The SMILES string of the molecule is C=C(C)/N=C\C(Cl)=C(/C)N1CCN(C(C)=O)CC1. The molecule has 18 heavy (non-hydrogen) atoms. The van der Waals surface area contributed by atoms with Gasteiger partial charge in [0.1, 0.15) is 0 Å². The Kier molecular flexibility index (Phi) is 5.41. The number of allylic oxidation sites excluding steroid dienone is 3. The van der Waals surface area contributed by atoms with E-state index in [4.69, 9.17) is 11.6 Å². The second-order valence-corrected chi connectivity index (χ2v) is 4.83. The highest BCUT2D eigenvalue weighted by molar-refractivity contribution is 6.39. The van der Waals surface area contributed by atoms with Crippen LogP contribution in [-0.2, 0) is 4.79 Å². The van der Waals surface area contributed by atoms with E-state index in [1.807, 2.05) is 18.7 Å². The first-order valence-corrected chi connectivity index (χ1v) is 6.36. The highest BCUT2D eigenvalue weighted by atomic mass is 35.5. The molecule has 1 heterocycles. The zero-order valence-electron chi connectivity index (χ0n) is 11.2. The molecule has 0 aliphatic carbocycles. The van der Waals surface area contributed by atoms with Crippen LogP contribution in [0, 0.1) is 0 Å². The van der Waals surface area contributed by atoms with Crippen molar-refractivity contribution in [2.45, 2.75) is 20.8 Å². The van der Waals surface area contributed by atoms with Crippen LogP contribution in [-0.4, -0.2) is 48.1 Å². The number of rotatable bonds is 3. The van der Waals surface area contributed by atoms with Crippen molar-refractivity contribution in [2.75, 3.05) is 26.2 Å². The Morgan fingerprint density at radius 1 is 1.17 bits per heavy atom. The normalized spacial score (nSPS) is 18.0. The summed E-state index contributed by atoms with van der Waals surface area (Å²) in [6.07, 6.45) is 1.62. The lowest BCUT2D eigenvalue weighted by molar-refractivity contribution is -0.130. The summed E-state index contributed by atoms with van der Waals surface area (Å²) in [6.45, 7) is 12.2. The summed E-state index contributed by atoms with van der Waals surface area (Å²) in [7, 11) is 0. The monoisotopic (exact) mass is 269 g/mol. The molecule has 4 nitrogen and oxygen atoms in total. The van der Waals surface area contributed by atoms with E-state index in [-0.39, 0.29) is 5.91 Å². The lowest BCUT2D eigenvalue weighted by atomic mass is 10.2. The molecule has 0 aromatic heterocycles. The first-order chi connectivity index (χ1) is 8.41. The Morgan fingerprint density at radius 3 is 2.11 bits per heavy atom. The van der Waals surface area contributed by atoms with Gasteiger partial charge in [-0.05, 0) is 13.8 Å². The van der Waals surface area contributed by atoms with Gasteiger partial charge >= 0.3 is 0 Å².